The molecule has 0 radical (unpaired) electrons. The fraction of sp³-hybridized carbons (Fsp3) is 0.200. The number of pyridine rings is 1. The molecule has 0 fully saturated rings. The minimum atomic E-state index is 0.0674. The van der Waals surface area contributed by atoms with Crippen LogP contribution in [-0.4, -0.2) is 23.2 Å². The Balaban J connectivity index is 1.65. The largest absolute Gasteiger partial charge is 0.355 e. The van der Waals surface area contributed by atoms with Crippen LogP contribution in [0.25, 0.3) is 0 Å². The van der Waals surface area contributed by atoms with Crippen molar-refractivity contribution < 1.29 is 4.79 Å². The van der Waals surface area contributed by atoms with E-state index in [2.05, 4.69) is 22.4 Å². The molecule has 0 aliphatic carbocycles. The van der Waals surface area contributed by atoms with Gasteiger partial charge in [-0.05, 0) is 24.1 Å². The summed E-state index contributed by atoms with van der Waals surface area (Å²) in [6.45, 7) is 0.680. The maximum absolute atomic E-state index is 11.7. The van der Waals surface area contributed by atoms with E-state index in [1.54, 1.807) is 12.4 Å². The highest BCUT2D eigenvalue weighted by atomic mass is 32.2. The summed E-state index contributed by atoms with van der Waals surface area (Å²) in [4.78, 5) is 16.7. The summed E-state index contributed by atoms with van der Waals surface area (Å²) in [5, 5.41) is 2.93. The third-order valence-corrected chi connectivity index (χ3v) is 3.61. The summed E-state index contributed by atoms with van der Waals surface area (Å²) >= 11 is 1.52. The second-order valence-electron chi connectivity index (χ2n) is 4.06. The van der Waals surface area contributed by atoms with Crippen LogP contribution >= 0.6 is 11.8 Å². The summed E-state index contributed by atoms with van der Waals surface area (Å²) < 4.78 is 0. The van der Waals surface area contributed by atoms with Crippen LogP contribution in [0.15, 0.2) is 59.8 Å². The monoisotopic (exact) mass is 272 g/mol. The standard InChI is InChI=1S/C15H16N2OS/c18-15(12-19-14-7-9-16-10-8-14)17-11-6-13-4-2-1-3-5-13/h1-5,7-10H,6,11-12H2,(H,17,18). The van der Waals surface area contributed by atoms with Crippen LogP contribution in [0.4, 0.5) is 0 Å². The van der Waals surface area contributed by atoms with Crippen molar-refractivity contribution in [2.24, 2.45) is 0 Å². The van der Waals surface area contributed by atoms with Crippen LogP contribution in [0.3, 0.4) is 0 Å². The molecule has 1 aromatic heterocycles. The van der Waals surface area contributed by atoms with Crippen molar-refractivity contribution in [1.29, 1.82) is 0 Å². The zero-order valence-corrected chi connectivity index (χ0v) is 11.4. The van der Waals surface area contributed by atoms with E-state index in [0.717, 1.165) is 11.3 Å². The summed E-state index contributed by atoms with van der Waals surface area (Å²) in [5.74, 6) is 0.511. The molecule has 0 unspecified atom stereocenters. The molecule has 1 heterocycles. The summed E-state index contributed by atoms with van der Waals surface area (Å²) in [6.07, 6.45) is 4.33. The summed E-state index contributed by atoms with van der Waals surface area (Å²) in [6, 6.07) is 14.0. The number of carbonyl (C=O) groups excluding carboxylic acids is 1. The van der Waals surface area contributed by atoms with E-state index in [-0.39, 0.29) is 5.91 Å². The molecule has 4 heteroatoms. The molecule has 1 N–H and O–H groups in total. The fourth-order valence-corrected chi connectivity index (χ4v) is 2.34. The van der Waals surface area contributed by atoms with Crippen molar-refractivity contribution >= 4 is 17.7 Å². The van der Waals surface area contributed by atoms with Gasteiger partial charge in [0, 0.05) is 23.8 Å². The van der Waals surface area contributed by atoms with Gasteiger partial charge in [-0.2, -0.15) is 0 Å². The number of thioether (sulfide) groups is 1. The first-order valence-corrected chi connectivity index (χ1v) is 7.16. The molecule has 2 aromatic rings. The van der Waals surface area contributed by atoms with Gasteiger partial charge >= 0.3 is 0 Å². The molecule has 0 saturated carbocycles. The SMILES string of the molecule is O=C(CSc1ccncc1)NCCc1ccccc1. The van der Waals surface area contributed by atoms with Gasteiger partial charge in [0.1, 0.15) is 0 Å². The van der Waals surface area contributed by atoms with Crippen LogP contribution in [0, 0.1) is 0 Å². The molecule has 0 saturated heterocycles. The van der Waals surface area contributed by atoms with Crippen molar-refractivity contribution in [1.82, 2.24) is 10.3 Å². The lowest BCUT2D eigenvalue weighted by molar-refractivity contribution is -0.118. The molecule has 0 bridgehead atoms. The second-order valence-corrected chi connectivity index (χ2v) is 5.11. The van der Waals surface area contributed by atoms with E-state index in [4.69, 9.17) is 0 Å². The zero-order chi connectivity index (χ0) is 13.3. The van der Waals surface area contributed by atoms with Crippen molar-refractivity contribution in [3.05, 3.63) is 60.4 Å². The van der Waals surface area contributed by atoms with Crippen LogP contribution in [0.5, 0.6) is 0 Å². The molecule has 0 atom stereocenters. The Morgan fingerprint density at radius 3 is 2.58 bits per heavy atom. The molecule has 0 aliphatic rings. The van der Waals surface area contributed by atoms with E-state index in [9.17, 15) is 4.79 Å². The molecule has 2 rings (SSSR count). The Morgan fingerprint density at radius 1 is 1.11 bits per heavy atom. The first kappa shape index (κ1) is 13.6. The van der Waals surface area contributed by atoms with Crippen molar-refractivity contribution in [2.45, 2.75) is 11.3 Å². The number of nitrogens with zero attached hydrogens (tertiary/aromatic N) is 1. The minimum absolute atomic E-state index is 0.0674. The lowest BCUT2D eigenvalue weighted by Crippen LogP contribution is -2.27. The number of benzene rings is 1. The summed E-state index contributed by atoms with van der Waals surface area (Å²) in [7, 11) is 0. The van der Waals surface area contributed by atoms with Crippen molar-refractivity contribution in [3.63, 3.8) is 0 Å². The van der Waals surface area contributed by atoms with Crippen LogP contribution < -0.4 is 5.32 Å². The number of hydrogen-bond acceptors (Lipinski definition) is 3. The number of hydrogen-bond donors (Lipinski definition) is 1. The van der Waals surface area contributed by atoms with E-state index >= 15 is 0 Å². The van der Waals surface area contributed by atoms with Gasteiger partial charge in [-0.25, -0.2) is 0 Å². The van der Waals surface area contributed by atoms with Crippen molar-refractivity contribution in [3.8, 4) is 0 Å². The predicted molar refractivity (Wildman–Crippen MR) is 78.1 cm³/mol. The van der Waals surface area contributed by atoms with Gasteiger partial charge in [-0.1, -0.05) is 30.3 Å². The highest BCUT2D eigenvalue weighted by Gasteiger charge is 2.02. The molecule has 19 heavy (non-hydrogen) atoms. The Hall–Kier alpha value is -1.81. The lowest BCUT2D eigenvalue weighted by Gasteiger charge is -2.05. The van der Waals surface area contributed by atoms with Crippen LogP contribution in [0.1, 0.15) is 5.56 Å². The normalized spacial score (nSPS) is 10.1. The Morgan fingerprint density at radius 2 is 1.84 bits per heavy atom. The van der Waals surface area contributed by atoms with Crippen molar-refractivity contribution in [2.75, 3.05) is 12.3 Å². The highest BCUT2D eigenvalue weighted by Crippen LogP contribution is 2.15. The highest BCUT2D eigenvalue weighted by molar-refractivity contribution is 8.00. The molecule has 98 valence electrons. The quantitative estimate of drug-likeness (QED) is 0.822. The molecular weight excluding hydrogens is 256 g/mol. The van der Waals surface area contributed by atoms with Gasteiger partial charge < -0.3 is 5.32 Å². The average molecular weight is 272 g/mol. The van der Waals surface area contributed by atoms with Gasteiger partial charge in [0.2, 0.25) is 5.91 Å². The van der Waals surface area contributed by atoms with E-state index in [1.807, 2.05) is 30.3 Å². The number of carbonyl (C=O) groups is 1. The maximum atomic E-state index is 11.7. The predicted octanol–water partition coefficient (Wildman–Crippen LogP) is 2.53. The summed E-state index contributed by atoms with van der Waals surface area (Å²) in [5.41, 5.74) is 1.24. The van der Waals surface area contributed by atoms with E-state index in [1.165, 1.54) is 17.3 Å². The van der Waals surface area contributed by atoms with Gasteiger partial charge in [0.25, 0.3) is 0 Å². The molecule has 3 nitrogen and oxygen atoms in total. The van der Waals surface area contributed by atoms with E-state index in [0.29, 0.717) is 12.3 Å². The van der Waals surface area contributed by atoms with Gasteiger partial charge in [0.05, 0.1) is 5.75 Å². The first-order valence-electron chi connectivity index (χ1n) is 6.18. The van der Waals surface area contributed by atoms with Gasteiger partial charge in [-0.15, -0.1) is 11.8 Å². The minimum Gasteiger partial charge on any atom is -0.355 e. The fourth-order valence-electron chi connectivity index (χ4n) is 1.63. The maximum Gasteiger partial charge on any atom is 0.230 e. The topological polar surface area (TPSA) is 42.0 Å². The van der Waals surface area contributed by atoms with Crippen LogP contribution in [0.2, 0.25) is 0 Å². The average Bonchev–Trinajstić information content (AvgIpc) is 2.47. The Labute approximate surface area is 117 Å². The first-order chi connectivity index (χ1) is 9.34. The number of nitrogens with one attached hydrogen (secondary N) is 1. The molecule has 0 spiro atoms. The Bertz CT molecular complexity index is 502. The van der Waals surface area contributed by atoms with E-state index < -0.39 is 0 Å². The molecule has 1 amide bonds. The third-order valence-electron chi connectivity index (χ3n) is 2.60. The third kappa shape index (κ3) is 5.14. The molecule has 0 aliphatic heterocycles. The molecule has 1 aromatic carbocycles. The van der Waals surface area contributed by atoms with Gasteiger partial charge in [-0.3, -0.25) is 9.78 Å². The number of amides is 1. The Kier molecular flexibility index (Phi) is 5.44. The van der Waals surface area contributed by atoms with Crippen LogP contribution in [-0.2, 0) is 11.2 Å². The zero-order valence-electron chi connectivity index (χ0n) is 10.6. The lowest BCUT2D eigenvalue weighted by atomic mass is 10.1. The number of aromatic nitrogens is 1. The van der Waals surface area contributed by atoms with Gasteiger partial charge in [0.15, 0.2) is 0 Å². The second kappa shape index (κ2) is 7.59. The molecular formula is C15H16N2OS. The number of rotatable bonds is 6. The smallest absolute Gasteiger partial charge is 0.230 e.